The van der Waals surface area contributed by atoms with Crippen LogP contribution in [0, 0.1) is 11.3 Å². The second kappa shape index (κ2) is 60.4. The van der Waals surface area contributed by atoms with E-state index in [1.54, 1.807) is 0 Å². The van der Waals surface area contributed by atoms with Gasteiger partial charge in [-0.15, -0.1) is 0 Å². The van der Waals surface area contributed by atoms with Gasteiger partial charge in [-0.25, -0.2) is 10.4 Å². The summed E-state index contributed by atoms with van der Waals surface area (Å²) in [6, 6.07) is 0.604. The molecule has 0 aromatic heterocycles. The normalized spacial score (nSPS) is 14.2. The van der Waals surface area contributed by atoms with Crippen LogP contribution in [0.2, 0.25) is 6.04 Å². The van der Waals surface area contributed by atoms with Crippen LogP contribution in [0.1, 0.15) is 363 Å². The zero-order chi connectivity index (χ0) is 59.4. The average molecular weight is 1180 g/mol. The van der Waals surface area contributed by atoms with Gasteiger partial charge < -0.3 is 27.5 Å². The second-order valence-electron chi connectivity index (χ2n) is 25.2. The monoisotopic (exact) mass is 1180 g/mol. The van der Waals surface area contributed by atoms with Crippen molar-refractivity contribution in [1.82, 2.24) is 10.4 Å². The molecule has 1 heterocycles. The molecule has 0 saturated carbocycles. The Morgan fingerprint density at radius 2 is 0.610 bits per heavy atom. The molecule has 0 aromatic carbocycles. The van der Waals surface area contributed by atoms with Gasteiger partial charge in [0.2, 0.25) is 11.8 Å². The molecule has 1 N–H and O–H groups in total. The first-order valence-corrected chi connectivity index (χ1v) is 38.6. The lowest BCUT2D eigenvalue weighted by atomic mass is 9.76. The summed E-state index contributed by atoms with van der Waals surface area (Å²) in [5, 5.41) is 1.28. The van der Waals surface area contributed by atoms with Crippen molar-refractivity contribution < 1.29 is 37.1 Å². The lowest BCUT2D eigenvalue weighted by molar-refractivity contribution is -0.150. The molecule has 0 radical (unpaired) electrons. The maximum Gasteiger partial charge on any atom is 0.500 e. The SMILES string of the molecule is CCCCCCCCCCCCCCCCCCOCC(COCCCCCCCCCCCCCCCCCC)(COCCCCCCCCCCCCCCCCCC)C1CC(=O)N(NCCC[Si](OCC)(OCC)OCC)C1=O. The third kappa shape index (κ3) is 44.5. The fourth-order valence-corrected chi connectivity index (χ4v) is 14.9. The largest absolute Gasteiger partial charge is 0.500 e. The zero-order valence-electron chi connectivity index (χ0n) is 55.9. The van der Waals surface area contributed by atoms with Crippen LogP contribution in [0.3, 0.4) is 0 Å². The van der Waals surface area contributed by atoms with Crippen LogP contribution in [0.4, 0.5) is 0 Å². The van der Waals surface area contributed by atoms with Crippen LogP contribution < -0.4 is 5.43 Å². The highest BCUT2D eigenvalue weighted by atomic mass is 28.4. The molecule has 10 nitrogen and oxygen atoms in total. The number of rotatable bonds is 69. The smallest absolute Gasteiger partial charge is 0.381 e. The van der Waals surface area contributed by atoms with Crippen molar-refractivity contribution in [2.24, 2.45) is 11.3 Å². The number of amides is 2. The quantitative estimate of drug-likeness (QED) is 0.0362. The van der Waals surface area contributed by atoms with Crippen molar-refractivity contribution >= 4 is 20.6 Å². The lowest BCUT2D eigenvalue weighted by Crippen LogP contribution is -2.50. The maximum absolute atomic E-state index is 14.6. The van der Waals surface area contributed by atoms with Crippen molar-refractivity contribution in [1.29, 1.82) is 0 Å². The van der Waals surface area contributed by atoms with E-state index in [0.29, 0.717) is 78.5 Å². The third-order valence-electron chi connectivity index (χ3n) is 17.5. The van der Waals surface area contributed by atoms with Crippen LogP contribution in [0.25, 0.3) is 0 Å². The van der Waals surface area contributed by atoms with E-state index in [1.165, 1.54) is 275 Å². The van der Waals surface area contributed by atoms with E-state index in [1.807, 2.05) is 20.8 Å². The molecule has 0 bridgehead atoms. The number of imide groups is 1. The summed E-state index contributed by atoms with van der Waals surface area (Å²) >= 11 is 0. The van der Waals surface area contributed by atoms with E-state index in [-0.39, 0.29) is 18.2 Å². The molecule has 1 unspecified atom stereocenters. The van der Waals surface area contributed by atoms with Gasteiger partial charge >= 0.3 is 8.80 Å². The number of nitrogens with zero attached hydrogens (tertiary/aromatic N) is 1. The molecule has 2 amide bonds. The van der Waals surface area contributed by atoms with Gasteiger partial charge in [-0.2, -0.15) is 0 Å². The molecule has 0 aromatic rings. The van der Waals surface area contributed by atoms with Crippen molar-refractivity contribution in [3.05, 3.63) is 0 Å². The zero-order valence-corrected chi connectivity index (χ0v) is 56.9. The van der Waals surface area contributed by atoms with Gasteiger partial charge in [0.1, 0.15) is 0 Å². The number of ether oxygens (including phenoxy) is 3. The Balaban J connectivity index is 2.89. The van der Waals surface area contributed by atoms with E-state index >= 15 is 0 Å². The highest BCUT2D eigenvalue weighted by Gasteiger charge is 2.52. The van der Waals surface area contributed by atoms with Crippen LogP contribution in [-0.4, -0.2) is 91.6 Å². The Morgan fingerprint density at radius 3 is 0.854 bits per heavy atom. The van der Waals surface area contributed by atoms with Gasteiger partial charge in [-0.1, -0.05) is 310 Å². The van der Waals surface area contributed by atoms with Gasteiger partial charge in [-0.05, 0) is 46.5 Å². The van der Waals surface area contributed by atoms with E-state index in [9.17, 15) is 9.59 Å². The van der Waals surface area contributed by atoms with Gasteiger partial charge in [0, 0.05) is 58.7 Å². The minimum atomic E-state index is -2.86. The highest BCUT2D eigenvalue weighted by molar-refractivity contribution is 6.60. The van der Waals surface area contributed by atoms with Gasteiger partial charge in [0.15, 0.2) is 0 Å². The first-order valence-electron chi connectivity index (χ1n) is 36.6. The molecule has 0 aliphatic carbocycles. The summed E-state index contributed by atoms with van der Waals surface area (Å²) < 4.78 is 38.2. The summed E-state index contributed by atoms with van der Waals surface area (Å²) in [6.07, 6.45) is 64.7. The van der Waals surface area contributed by atoms with Crippen molar-refractivity contribution in [3.63, 3.8) is 0 Å². The number of nitrogens with one attached hydrogen (secondary N) is 1. The molecule has 1 atom stereocenters. The minimum absolute atomic E-state index is 0.120. The van der Waals surface area contributed by atoms with Gasteiger partial charge in [0.25, 0.3) is 0 Å². The summed E-state index contributed by atoms with van der Waals surface area (Å²) in [7, 11) is -2.86. The van der Waals surface area contributed by atoms with Crippen LogP contribution in [0.5, 0.6) is 0 Å². The predicted molar refractivity (Wildman–Crippen MR) is 352 cm³/mol. The van der Waals surface area contributed by atoms with Crippen LogP contribution in [0.15, 0.2) is 0 Å². The molecular formula is C71H142N2O8Si. The van der Waals surface area contributed by atoms with E-state index < -0.39 is 20.1 Å². The summed E-state index contributed by atoms with van der Waals surface area (Å²) in [6.45, 7) is 17.7. The molecule has 0 spiro atoms. The molecule has 1 aliphatic heterocycles. The average Bonchev–Trinajstić information content (AvgIpc) is 4.01. The first kappa shape index (κ1) is 79.1. The molecule has 11 heteroatoms. The Labute approximate surface area is 511 Å². The number of carbonyl (C=O) groups is 2. The molecular weight excluding hydrogens is 1040 g/mol. The number of hydrogen-bond donors (Lipinski definition) is 1. The molecule has 1 saturated heterocycles. The van der Waals surface area contributed by atoms with E-state index in [0.717, 1.165) is 38.5 Å². The van der Waals surface area contributed by atoms with E-state index in [4.69, 9.17) is 27.5 Å². The van der Waals surface area contributed by atoms with E-state index in [2.05, 4.69) is 26.2 Å². The standard InChI is InChI=1S/C71H142N2O8Si/c1-7-13-16-19-22-25-28-31-34-37-40-43-46-49-52-55-60-76-65-71(66-77-61-56-53-50-47-44-41-38-35-32-29-26-23-20-17-14-8-2,67-78-62-57-54-51-48-45-42-39-36-33-30-27-24-21-18-15-9-3)68-64-69(74)73(70(68)75)72-59-58-63-82(79-10-4,80-11-5)81-12-6/h68,72H,7-67H2,1-6H3. The van der Waals surface area contributed by atoms with Crippen molar-refractivity contribution in [2.75, 3.05) is 66.0 Å². The predicted octanol–water partition coefficient (Wildman–Crippen LogP) is 21.1. The summed E-state index contributed by atoms with van der Waals surface area (Å²) in [5.74, 6) is -0.995. The molecule has 488 valence electrons. The fraction of sp³-hybridized carbons (Fsp3) is 0.972. The molecule has 82 heavy (non-hydrogen) atoms. The molecule has 1 aliphatic rings. The van der Waals surface area contributed by atoms with Crippen molar-refractivity contribution in [3.8, 4) is 0 Å². The van der Waals surface area contributed by atoms with Gasteiger partial charge in [0.05, 0.1) is 31.2 Å². The maximum atomic E-state index is 14.6. The third-order valence-corrected chi connectivity index (χ3v) is 20.7. The number of carbonyl (C=O) groups excluding carboxylic acids is 2. The Morgan fingerprint density at radius 1 is 0.366 bits per heavy atom. The summed E-state index contributed by atoms with van der Waals surface area (Å²) in [5.41, 5.74) is 2.46. The van der Waals surface area contributed by atoms with Gasteiger partial charge in [-0.3, -0.25) is 9.59 Å². The Bertz CT molecular complexity index is 1230. The molecule has 1 rings (SSSR count). The van der Waals surface area contributed by atoms with Crippen LogP contribution >= 0.6 is 0 Å². The number of hydrazine groups is 1. The van der Waals surface area contributed by atoms with Crippen LogP contribution in [-0.2, 0) is 37.1 Å². The lowest BCUT2D eigenvalue weighted by Gasteiger charge is -2.37. The number of unbranched alkanes of at least 4 members (excludes halogenated alkanes) is 45. The summed E-state index contributed by atoms with van der Waals surface area (Å²) in [4.78, 5) is 28.6. The number of hydrogen-bond acceptors (Lipinski definition) is 9. The Hall–Kier alpha value is -0.923. The van der Waals surface area contributed by atoms with Crippen molar-refractivity contribution in [2.45, 2.75) is 369 Å². The minimum Gasteiger partial charge on any atom is -0.381 e. The second-order valence-corrected chi connectivity index (χ2v) is 28.0. The fourth-order valence-electron chi connectivity index (χ4n) is 12.3. The topological polar surface area (TPSA) is 105 Å². The Kier molecular flexibility index (Phi) is 58.2. The first-order chi connectivity index (χ1) is 40.4. The highest BCUT2D eigenvalue weighted by Crippen LogP contribution is 2.38. The molecule has 1 fully saturated rings.